The Morgan fingerprint density at radius 2 is 1.90 bits per heavy atom. The summed E-state index contributed by atoms with van der Waals surface area (Å²) in [6.07, 6.45) is 2.73. The summed E-state index contributed by atoms with van der Waals surface area (Å²) in [5, 5.41) is 5.19. The molecule has 7 nitrogen and oxygen atoms in total. The van der Waals surface area contributed by atoms with Crippen LogP contribution in [0.2, 0.25) is 0 Å². The van der Waals surface area contributed by atoms with E-state index in [4.69, 9.17) is 0 Å². The van der Waals surface area contributed by atoms with E-state index in [9.17, 15) is 9.59 Å². The Morgan fingerprint density at radius 1 is 1.17 bits per heavy atom. The fourth-order valence-electron chi connectivity index (χ4n) is 4.00. The van der Waals surface area contributed by atoms with Crippen molar-refractivity contribution in [2.75, 3.05) is 51.6 Å². The van der Waals surface area contributed by atoms with Crippen LogP contribution in [0.5, 0.6) is 0 Å². The van der Waals surface area contributed by atoms with E-state index in [0.717, 1.165) is 43.1 Å². The maximum atomic E-state index is 12.7. The van der Waals surface area contributed by atoms with Crippen molar-refractivity contribution in [3.8, 4) is 0 Å². The molecule has 0 unspecified atom stereocenters. The summed E-state index contributed by atoms with van der Waals surface area (Å²) in [6.45, 7) is 5.80. The van der Waals surface area contributed by atoms with Gasteiger partial charge in [-0.25, -0.2) is 4.98 Å². The van der Waals surface area contributed by atoms with E-state index >= 15 is 0 Å². The van der Waals surface area contributed by atoms with Crippen LogP contribution in [0.1, 0.15) is 28.2 Å². The molecule has 4 rings (SSSR count). The van der Waals surface area contributed by atoms with Gasteiger partial charge in [0, 0.05) is 37.6 Å². The second kappa shape index (κ2) is 9.86. The third-order valence-corrected chi connectivity index (χ3v) is 8.20. The normalized spacial score (nSPS) is 19.2. The highest BCUT2D eigenvalue weighted by atomic mass is 79.9. The zero-order valence-corrected chi connectivity index (χ0v) is 20.2. The summed E-state index contributed by atoms with van der Waals surface area (Å²) >= 11 is 6.09. The molecule has 0 radical (unpaired) electrons. The van der Waals surface area contributed by atoms with Gasteiger partial charge in [0.25, 0.3) is 5.91 Å². The van der Waals surface area contributed by atoms with E-state index in [1.165, 1.54) is 35.5 Å². The largest absolute Gasteiger partial charge is 0.340 e. The molecule has 2 fully saturated rings. The lowest BCUT2D eigenvalue weighted by molar-refractivity contribution is -0.132. The highest BCUT2D eigenvalue weighted by Crippen LogP contribution is 2.24. The zero-order valence-electron chi connectivity index (χ0n) is 17.0. The van der Waals surface area contributed by atoms with E-state index in [0.29, 0.717) is 21.7 Å². The Morgan fingerprint density at radius 3 is 2.57 bits per heavy atom. The van der Waals surface area contributed by atoms with Gasteiger partial charge in [-0.05, 0) is 61.0 Å². The average molecular weight is 512 g/mol. The molecule has 0 saturated carbocycles. The second-order valence-electron chi connectivity index (χ2n) is 7.83. The molecule has 1 N–H and O–H groups in total. The van der Waals surface area contributed by atoms with Gasteiger partial charge in [0.05, 0.1) is 20.8 Å². The summed E-state index contributed by atoms with van der Waals surface area (Å²) in [5.41, 5.74) is 0.713. The summed E-state index contributed by atoms with van der Waals surface area (Å²) < 4.78 is 0.911. The number of carbonyl (C=O) groups excluding carboxylic acids is 2. The Hall–Kier alpha value is -1.33. The third kappa shape index (κ3) is 5.47. The first-order chi connectivity index (χ1) is 14.5. The van der Waals surface area contributed by atoms with Crippen LogP contribution in [0.3, 0.4) is 0 Å². The number of rotatable bonds is 5. The van der Waals surface area contributed by atoms with Crippen molar-refractivity contribution in [1.82, 2.24) is 19.7 Å². The van der Waals surface area contributed by atoms with Gasteiger partial charge in [-0.3, -0.25) is 19.8 Å². The molecule has 30 heavy (non-hydrogen) atoms. The van der Waals surface area contributed by atoms with Crippen molar-refractivity contribution in [1.29, 1.82) is 0 Å². The first-order valence-corrected chi connectivity index (χ1v) is 12.7. The number of hydrogen-bond acceptors (Lipinski definition) is 7. The summed E-state index contributed by atoms with van der Waals surface area (Å²) in [7, 11) is 2.18. The van der Waals surface area contributed by atoms with Crippen LogP contribution in [0.4, 0.5) is 5.13 Å². The maximum Gasteiger partial charge on any atom is 0.267 e. The van der Waals surface area contributed by atoms with E-state index in [1.54, 1.807) is 6.07 Å². The van der Waals surface area contributed by atoms with Crippen molar-refractivity contribution in [2.24, 2.45) is 0 Å². The molecular weight excluding hydrogens is 486 g/mol. The number of piperazine rings is 1. The molecule has 10 heteroatoms. The fourth-order valence-corrected chi connectivity index (χ4v) is 5.99. The number of likely N-dealkylation sites (tertiary alicyclic amines) is 1. The molecule has 2 aliphatic rings. The fraction of sp³-hybridized carbons (Fsp3) is 0.550. The molecule has 162 valence electrons. The molecular formula is C20H26BrN5O2S2. The first-order valence-electron chi connectivity index (χ1n) is 10.2. The quantitative estimate of drug-likeness (QED) is 0.668. The van der Waals surface area contributed by atoms with E-state index in [1.807, 2.05) is 16.3 Å². The number of anilines is 1. The van der Waals surface area contributed by atoms with E-state index in [2.05, 4.69) is 43.1 Å². The molecule has 4 heterocycles. The maximum absolute atomic E-state index is 12.7. The molecule has 2 aliphatic heterocycles. The molecule has 0 aliphatic carbocycles. The minimum Gasteiger partial charge on any atom is -0.340 e. The van der Waals surface area contributed by atoms with Crippen molar-refractivity contribution in [3.05, 3.63) is 31.9 Å². The lowest BCUT2D eigenvalue weighted by atomic mass is 10.0. The van der Waals surface area contributed by atoms with Crippen molar-refractivity contribution in [2.45, 2.75) is 25.3 Å². The van der Waals surface area contributed by atoms with Crippen LogP contribution in [-0.2, 0) is 11.2 Å². The van der Waals surface area contributed by atoms with Gasteiger partial charge in [0.2, 0.25) is 5.91 Å². The van der Waals surface area contributed by atoms with Gasteiger partial charge in [0.1, 0.15) is 0 Å². The topological polar surface area (TPSA) is 68.8 Å². The number of thiophene rings is 1. The molecule has 2 amide bonds. The highest BCUT2D eigenvalue weighted by Gasteiger charge is 2.28. The van der Waals surface area contributed by atoms with Crippen LogP contribution in [0.25, 0.3) is 0 Å². The molecule has 0 atom stereocenters. The standard InChI is InChI=1S/C20H26BrN5O2S2/c1-24-6-4-15(5-7-24)25-8-10-26(11-9-25)18(27)12-14-13-29-20(22-14)23-19(28)16-2-3-17(21)30-16/h2-3,13,15H,4-12H2,1H3,(H,22,23,28). The minimum atomic E-state index is -0.178. The molecule has 0 aromatic carbocycles. The number of hydrogen-bond donors (Lipinski definition) is 1. The molecule has 2 aromatic heterocycles. The smallest absolute Gasteiger partial charge is 0.267 e. The number of halogens is 1. The Bertz CT molecular complexity index is 885. The number of nitrogens with one attached hydrogen (secondary N) is 1. The zero-order chi connectivity index (χ0) is 21.1. The minimum absolute atomic E-state index is 0.114. The number of nitrogens with zero attached hydrogens (tertiary/aromatic N) is 4. The first kappa shape index (κ1) is 21.9. The molecule has 0 bridgehead atoms. The molecule has 2 aromatic rings. The highest BCUT2D eigenvalue weighted by molar-refractivity contribution is 9.11. The predicted molar refractivity (Wildman–Crippen MR) is 124 cm³/mol. The van der Waals surface area contributed by atoms with Gasteiger partial charge >= 0.3 is 0 Å². The van der Waals surface area contributed by atoms with Crippen LogP contribution >= 0.6 is 38.6 Å². The number of piperidine rings is 1. The Labute approximate surface area is 193 Å². The van der Waals surface area contributed by atoms with Gasteiger partial charge in [-0.1, -0.05) is 0 Å². The Balaban J connectivity index is 1.24. The van der Waals surface area contributed by atoms with Crippen molar-refractivity contribution in [3.63, 3.8) is 0 Å². The van der Waals surface area contributed by atoms with Crippen LogP contribution < -0.4 is 5.32 Å². The molecule has 2 saturated heterocycles. The van der Waals surface area contributed by atoms with Crippen LogP contribution in [0.15, 0.2) is 21.3 Å². The van der Waals surface area contributed by atoms with Crippen molar-refractivity contribution >= 4 is 55.5 Å². The predicted octanol–water partition coefficient (Wildman–Crippen LogP) is 3.00. The summed E-state index contributed by atoms with van der Waals surface area (Å²) in [5.74, 6) is -0.0636. The van der Waals surface area contributed by atoms with Gasteiger partial charge in [-0.15, -0.1) is 22.7 Å². The average Bonchev–Trinajstić information content (AvgIpc) is 3.37. The second-order valence-corrected chi connectivity index (χ2v) is 11.2. The summed E-state index contributed by atoms with van der Waals surface area (Å²) in [6, 6.07) is 4.28. The van der Waals surface area contributed by atoms with Gasteiger partial charge < -0.3 is 9.80 Å². The van der Waals surface area contributed by atoms with Gasteiger partial charge in [-0.2, -0.15) is 0 Å². The SMILES string of the molecule is CN1CCC(N2CCN(C(=O)Cc3csc(NC(=O)c4ccc(Br)s4)n3)CC2)CC1. The van der Waals surface area contributed by atoms with Crippen LogP contribution in [0, 0.1) is 0 Å². The summed E-state index contributed by atoms with van der Waals surface area (Å²) in [4.78, 5) is 36.9. The monoisotopic (exact) mass is 511 g/mol. The lowest BCUT2D eigenvalue weighted by Crippen LogP contribution is -2.54. The van der Waals surface area contributed by atoms with E-state index in [-0.39, 0.29) is 18.2 Å². The number of amides is 2. The number of carbonyl (C=O) groups is 2. The number of aromatic nitrogens is 1. The molecule has 0 spiro atoms. The Kier molecular flexibility index (Phi) is 7.20. The van der Waals surface area contributed by atoms with Crippen LogP contribution in [-0.4, -0.2) is 83.9 Å². The van der Waals surface area contributed by atoms with E-state index < -0.39 is 0 Å². The van der Waals surface area contributed by atoms with Gasteiger partial charge in [0.15, 0.2) is 5.13 Å². The number of thiazole rings is 1. The third-order valence-electron chi connectivity index (χ3n) is 5.77. The van der Waals surface area contributed by atoms with Crippen molar-refractivity contribution < 1.29 is 9.59 Å². The lowest BCUT2D eigenvalue weighted by Gasteiger charge is -2.42.